The number of rotatable bonds is 5. The predicted octanol–water partition coefficient (Wildman–Crippen LogP) is 2.97. The summed E-state index contributed by atoms with van der Waals surface area (Å²) in [5, 5.41) is 4.02. The molecular formula is C13H16ClN3O. The minimum absolute atomic E-state index is 0.198. The summed E-state index contributed by atoms with van der Waals surface area (Å²) in [6, 6.07) is 7.83. The third kappa shape index (κ3) is 3.03. The smallest absolute Gasteiger partial charge is 0.207 e. The molecule has 0 bridgehead atoms. The molecule has 1 unspecified atom stereocenters. The summed E-state index contributed by atoms with van der Waals surface area (Å²) in [7, 11) is 1.68. The van der Waals surface area contributed by atoms with E-state index < -0.39 is 0 Å². The SMILES string of the molecule is COCC(C)Nc1nccn1-c1ccc(Cl)cc1. The maximum absolute atomic E-state index is 5.88. The second-order valence-corrected chi connectivity index (χ2v) is 4.53. The molecular weight excluding hydrogens is 250 g/mol. The second kappa shape index (κ2) is 5.89. The highest BCUT2D eigenvalue weighted by Crippen LogP contribution is 2.17. The van der Waals surface area contributed by atoms with Crippen LogP contribution in [0.5, 0.6) is 0 Å². The average molecular weight is 266 g/mol. The number of halogens is 1. The largest absolute Gasteiger partial charge is 0.383 e. The Labute approximate surface area is 112 Å². The summed E-state index contributed by atoms with van der Waals surface area (Å²) in [6.45, 7) is 2.68. The minimum Gasteiger partial charge on any atom is -0.383 e. The highest BCUT2D eigenvalue weighted by molar-refractivity contribution is 6.30. The number of aromatic nitrogens is 2. The van der Waals surface area contributed by atoms with E-state index in [9.17, 15) is 0 Å². The van der Waals surface area contributed by atoms with Crippen molar-refractivity contribution in [3.8, 4) is 5.69 Å². The van der Waals surface area contributed by atoms with Crippen LogP contribution < -0.4 is 5.32 Å². The van der Waals surface area contributed by atoms with Gasteiger partial charge in [-0.25, -0.2) is 4.98 Å². The zero-order chi connectivity index (χ0) is 13.0. The molecule has 1 aromatic carbocycles. The van der Waals surface area contributed by atoms with Crippen LogP contribution in [0.4, 0.5) is 5.95 Å². The van der Waals surface area contributed by atoms with Crippen LogP contribution in [0.1, 0.15) is 6.92 Å². The third-order valence-corrected chi connectivity index (χ3v) is 2.79. The molecule has 96 valence electrons. The lowest BCUT2D eigenvalue weighted by atomic mass is 10.3. The summed E-state index contributed by atoms with van der Waals surface area (Å²) in [6.07, 6.45) is 3.67. The Hall–Kier alpha value is -1.52. The zero-order valence-corrected chi connectivity index (χ0v) is 11.2. The summed E-state index contributed by atoms with van der Waals surface area (Å²) in [5.41, 5.74) is 1.02. The molecule has 0 amide bonds. The van der Waals surface area contributed by atoms with Crippen LogP contribution in [0.25, 0.3) is 5.69 Å². The molecule has 4 nitrogen and oxygen atoms in total. The number of nitrogens with one attached hydrogen (secondary N) is 1. The number of nitrogens with zero attached hydrogens (tertiary/aromatic N) is 2. The molecule has 5 heteroatoms. The Morgan fingerprint density at radius 3 is 2.78 bits per heavy atom. The van der Waals surface area contributed by atoms with Crippen molar-refractivity contribution < 1.29 is 4.74 Å². The molecule has 2 rings (SSSR count). The maximum atomic E-state index is 5.88. The standard InChI is InChI=1S/C13H16ClN3O/c1-10(9-18-2)16-13-15-7-8-17(13)12-5-3-11(14)4-6-12/h3-8,10H,9H2,1-2H3,(H,15,16). The van der Waals surface area contributed by atoms with Gasteiger partial charge in [0.05, 0.1) is 6.61 Å². The molecule has 0 saturated carbocycles. The minimum atomic E-state index is 0.198. The highest BCUT2D eigenvalue weighted by Gasteiger charge is 2.08. The van der Waals surface area contributed by atoms with Crippen molar-refractivity contribution in [3.63, 3.8) is 0 Å². The van der Waals surface area contributed by atoms with Crippen LogP contribution in [0.15, 0.2) is 36.7 Å². The number of ether oxygens (including phenoxy) is 1. The molecule has 0 aliphatic rings. The molecule has 0 fully saturated rings. The number of hydrogen-bond acceptors (Lipinski definition) is 3. The van der Waals surface area contributed by atoms with Crippen molar-refractivity contribution in [1.82, 2.24) is 9.55 Å². The van der Waals surface area contributed by atoms with Gasteiger partial charge in [-0.1, -0.05) is 11.6 Å². The molecule has 2 aromatic rings. The van der Waals surface area contributed by atoms with Gasteiger partial charge in [-0.2, -0.15) is 0 Å². The van der Waals surface area contributed by atoms with Crippen LogP contribution in [-0.2, 0) is 4.74 Å². The van der Waals surface area contributed by atoms with Crippen molar-refractivity contribution in [2.75, 3.05) is 19.0 Å². The van der Waals surface area contributed by atoms with Crippen molar-refractivity contribution in [3.05, 3.63) is 41.7 Å². The lowest BCUT2D eigenvalue weighted by Gasteiger charge is -2.15. The first-order chi connectivity index (χ1) is 8.70. The topological polar surface area (TPSA) is 39.1 Å². The van der Waals surface area contributed by atoms with Crippen molar-refractivity contribution >= 4 is 17.5 Å². The second-order valence-electron chi connectivity index (χ2n) is 4.10. The lowest BCUT2D eigenvalue weighted by Crippen LogP contribution is -2.22. The van der Waals surface area contributed by atoms with Gasteiger partial charge in [-0.3, -0.25) is 4.57 Å². The van der Waals surface area contributed by atoms with Gasteiger partial charge in [0, 0.05) is 36.3 Å². The van der Waals surface area contributed by atoms with Gasteiger partial charge in [0.15, 0.2) is 0 Å². The number of imidazole rings is 1. The first-order valence-corrected chi connectivity index (χ1v) is 6.13. The lowest BCUT2D eigenvalue weighted by molar-refractivity contribution is 0.190. The molecule has 1 atom stereocenters. The van der Waals surface area contributed by atoms with E-state index in [4.69, 9.17) is 16.3 Å². The van der Waals surface area contributed by atoms with E-state index in [1.165, 1.54) is 0 Å². The van der Waals surface area contributed by atoms with E-state index in [0.29, 0.717) is 6.61 Å². The summed E-state index contributed by atoms with van der Waals surface area (Å²) in [5.74, 6) is 0.793. The van der Waals surface area contributed by atoms with Gasteiger partial charge in [0.25, 0.3) is 0 Å². The fourth-order valence-electron chi connectivity index (χ4n) is 1.73. The number of anilines is 1. The predicted molar refractivity (Wildman–Crippen MR) is 73.5 cm³/mol. The van der Waals surface area contributed by atoms with E-state index in [1.807, 2.05) is 42.0 Å². The van der Waals surface area contributed by atoms with Gasteiger partial charge < -0.3 is 10.1 Å². The molecule has 0 spiro atoms. The molecule has 0 aliphatic heterocycles. The number of benzene rings is 1. The zero-order valence-electron chi connectivity index (χ0n) is 10.4. The van der Waals surface area contributed by atoms with Crippen molar-refractivity contribution in [1.29, 1.82) is 0 Å². The van der Waals surface area contributed by atoms with E-state index in [-0.39, 0.29) is 6.04 Å². The van der Waals surface area contributed by atoms with E-state index in [0.717, 1.165) is 16.7 Å². The van der Waals surface area contributed by atoms with Crippen molar-refractivity contribution in [2.45, 2.75) is 13.0 Å². The summed E-state index contributed by atoms with van der Waals surface area (Å²) >= 11 is 5.88. The maximum Gasteiger partial charge on any atom is 0.207 e. The van der Waals surface area contributed by atoms with Crippen LogP contribution in [0, 0.1) is 0 Å². The average Bonchev–Trinajstić information content (AvgIpc) is 2.78. The van der Waals surface area contributed by atoms with Gasteiger partial charge in [0.2, 0.25) is 5.95 Å². The first-order valence-electron chi connectivity index (χ1n) is 5.75. The molecule has 18 heavy (non-hydrogen) atoms. The fourth-order valence-corrected chi connectivity index (χ4v) is 1.86. The van der Waals surface area contributed by atoms with Crippen LogP contribution >= 0.6 is 11.6 Å². The van der Waals surface area contributed by atoms with E-state index >= 15 is 0 Å². The van der Waals surface area contributed by atoms with E-state index in [2.05, 4.69) is 10.3 Å². The monoisotopic (exact) mass is 265 g/mol. The normalized spacial score (nSPS) is 12.4. The Kier molecular flexibility index (Phi) is 4.23. The van der Waals surface area contributed by atoms with E-state index in [1.54, 1.807) is 13.3 Å². The number of hydrogen-bond donors (Lipinski definition) is 1. The van der Waals surface area contributed by atoms with Gasteiger partial charge in [-0.15, -0.1) is 0 Å². The van der Waals surface area contributed by atoms with Gasteiger partial charge >= 0.3 is 0 Å². The third-order valence-electron chi connectivity index (χ3n) is 2.54. The molecule has 1 aromatic heterocycles. The molecule has 0 saturated heterocycles. The molecule has 0 aliphatic carbocycles. The molecule has 1 N–H and O–H groups in total. The Balaban J connectivity index is 2.19. The number of methoxy groups -OCH3 is 1. The van der Waals surface area contributed by atoms with Crippen LogP contribution in [0.2, 0.25) is 5.02 Å². The van der Waals surface area contributed by atoms with Crippen LogP contribution in [0.3, 0.4) is 0 Å². The Bertz CT molecular complexity index is 495. The Morgan fingerprint density at radius 2 is 2.11 bits per heavy atom. The molecule has 0 radical (unpaired) electrons. The van der Waals surface area contributed by atoms with Crippen LogP contribution in [-0.4, -0.2) is 29.3 Å². The summed E-state index contributed by atoms with van der Waals surface area (Å²) in [4.78, 5) is 4.30. The molecule has 1 heterocycles. The quantitative estimate of drug-likeness (QED) is 0.903. The summed E-state index contributed by atoms with van der Waals surface area (Å²) < 4.78 is 7.07. The fraction of sp³-hybridized carbons (Fsp3) is 0.308. The van der Waals surface area contributed by atoms with Gasteiger partial charge in [0.1, 0.15) is 0 Å². The first kappa shape index (κ1) is 12.9. The van der Waals surface area contributed by atoms with Crippen molar-refractivity contribution in [2.24, 2.45) is 0 Å². The highest BCUT2D eigenvalue weighted by atomic mass is 35.5. The Morgan fingerprint density at radius 1 is 1.39 bits per heavy atom. The van der Waals surface area contributed by atoms with Gasteiger partial charge in [-0.05, 0) is 31.2 Å².